The summed E-state index contributed by atoms with van der Waals surface area (Å²) in [4.78, 5) is 12.5. The maximum Gasteiger partial charge on any atom is 0.291 e. The molecular weight excluding hydrogens is 298 g/mol. The highest BCUT2D eigenvalue weighted by atomic mass is 16.3. The average Bonchev–Trinajstić information content (AvgIpc) is 3.07. The predicted molar refractivity (Wildman–Crippen MR) is 97.5 cm³/mol. The van der Waals surface area contributed by atoms with Gasteiger partial charge in [-0.15, -0.1) is 0 Å². The van der Waals surface area contributed by atoms with Gasteiger partial charge in [-0.1, -0.05) is 49.4 Å². The summed E-state index contributed by atoms with van der Waals surface area (Å²) < 4.78 is 5.74. The van der Waals surface area contributed by atoms with Crippen LogP contribution in [0.25, 0.3) is 21.7 Å². The maximum absolute atomic E-state index is 12.5. The van der Waals surface area contributed by atoms with E-state index in [4.69, 9.17) is 4.42 Å². The van der Waals surface area contributed by atoms with Crippen molar-refractivity contribution < 1.29 is 9.21 Å². The highest BCUT2D eigenvalue weighted by molar-refractivity contribution is 6.10. The molecule has 3 heteroatoms. The van der Waals surface area contributed by atoms with Crippen LogP contribution < -0.4 is 5.32 Å². The molecule has 0 aliphatic carbocycles. The van der Waals surface area contributed by atoms with Gasteiger partial charge in [-0.3, -0.25) is 4.79 Å². The molecule has 1 amide bonds. The maximum atomic E-state index is 12.5. The summed E-state index contributed by atoms with van der Waals surface area (Å²) in [6.45, 7) is 2.10. The Morgan fingerprint density at radius 2 is 1.75 bits per heavy atom. The van der Waals surface area contributed by atoms with E-state index in [0.717, 1.165) is 33.8 Å². The number of furan rings is 1. The SMILES string of the molecule is CCc1ccc(NC(=O)c2cc3c(ccc4ccccc43)o2)cc1. The lowest BCUT2D eigenvalue weighted by atomic mass is 10.1. The molecule has 0 saturated carbocycles. The van der Waals surface area contributed by atoms with Crippen LogP contribution in [0.5, 0.6) is 0 Å². The van der Waals surface area contributed by atoms with Crippen LogP contribution >= 0.6 is 0 Å². The van der Waals surface area contributed by atoms with E-state index in [9.17, 15) is 4.79 Å². The summed E-state index contributed by atoms with van der Waals surface area (Å²) >= 11 is 0. The average molecular weight is 315 g/mol. The number of rotatable bonds is 3. The fourth-order valence-corrected chi connectivity index (χ4v) is 2.92. The van der Waals surface area contributed by atoms with Crippen LogP contribution in [0, 0.1) is 0 Å². The molecule has 0 aliphatic rings. The number of anilines is 1. The smallest absolute Gasteiger partial charge is 0.291 e. The largest absolute Gasteiger partial charge is 0.451 e. The molecular formula is C21H17NO2. The fraction of sp³-hybridized carbons (Fsp3) is 0.0952. The first kappa shape index (κ1) is 14.5. The third kappa shape index (κ3) is 2.54. The standard InChI is InChI=1S/C21H17NO2/c1-2-14-7-10-16(11-8-14)22-21(23)20-13-18-17-6-4-3-5-15(17)9-12-19(18)24-20/h3-13H,2H2,1H3,(H,22,23). The zero-order valence-corrected chi connectivity index (χ0v) is 13.4. The topological polar surface area (TPSA) is 42.2 Å². The Morgan fingerprint density at radius 3 is 2.54 bits per heavy atom. The molecule has 3 aromatic carbocycles. The molecule has 1 aromatic heterocycles. The van der Waals surface area contributed by atoms with Gasteiger partial charge in [-0.05, 0) is 47.0 Å². The van der Waals surface area contributed by atoms with Gasteiger partial charge in [0, 0.05) is 11.1 Å². The molecule has 3 nitrogen and oxygen atoms in total. The summed E-state index contributed by atoms with van der Waals surface area (Å²) in [5.41, 5.74) is 2.73. The van der Waals surface area contributed by atoms with Crippen molar-refractivity contribution in [2.45, 2.75) is 13.3 Å². The number of nitrogens with one attached hydrogen (secondary N) is 1. The van der Waals surface area contributed by atoms with Crippen LogP contribution in [0.4, 0.5) is 5.69 Å². The van der Waals surface area contributed by atoms with Crippen molar-refractivity contribution in [1.82, 2.24) is 0 Å². The van der Waals surface area contributed by atoms with E-state index in [2.05, 4.69) is 18.3 Å². The molecule has 24 heavy (non-hydrogen) atoms. The summed E-state index contributed by atoms with van der Waals surface area (Å²) in [5, 5.41) is 6.06. The van der Waals surface area contributed by atoms with Crippen molar-refractivity contribution in [2.75, 3.05) is 5.32 Å². The van der Waals surface area contributed by atoms with E-state index >= 15 is 0 Å². The van der Waals surface area contributed by atoms with Gasteiger partial charge in [0.1, 0.15) is 5.58 Å². The number of amides is 1. The molecule has 4 rings (SSSR count). The zero-order valence-electron chi connectivity index (χ0n) is 13.4. The van der Waals surface area contributed by atoms with E-state index in [1.165, 1.54) is 5.56 Å². The first-order valence-electron chi connectivity index (χ1n) is 8.06. The first-order valence-corrected chi connectivity index (χ1v) is 8.06. The predicted octanol–water partition coefficient (Wildman–Crippen LogP) is 5.40. The summed E-state index contributed by atoms with van der Waals surface area (Å²) in [5.74, 6) is 0.0838. The van der Waals surface area contributed by atoms with Gasteiger partial charge in [-0.2, -0.15) is 0 Å². The van der Waals surface area contributed by atoms with Crippen molar-refractivity contribution in [3.8, 4) is 0 Å². The molecule has 0 radical (unpaired) electrons. The molecule has 0 spiro atoms. The Bertz CT molecular complexity index is 1030. The van der Waals surface area contributed by atoms with Gasteiger partial charge in [0.15, 0.2) is 5.76 Å². The van der Waals surface area contributed by atoms with Crippen LogP contribution in [0.2, 0.25) is 0 Å². The second-order valence-electron chi connectivity index (χ2n) is 5.81. The van der Waals surface area contributed by atoms with E-state index in [1.807, 2.05) is 60.7 Å². The van der Waals surface area contributed by atoms with E-state index in [1.54, 1.807) is 0 Å². The number of fused-ring (bicyclic) bond motifs is 3. The van der Waals surface area contributed by atoms with Crippen molar-refractivity contribution in [1.29, 1.82) is 0 Å². The normalized spacial score (nSPS) is 11.0. The number of hydrogen-bond donors (Lipinski definition) is 1. The Kier molecular flexibility index (Phi) is 3.54. The lowest BCUT2D eigenvalue weighted by Crippen LogP contribution is -2.10. The molecule has 0 fully saturated rings. The highest BCUT2D eigenvalue weighted by Gasteiger charge is 2.14. The van der Waals surface area contributed by atoms with Crippen LogP contribution in [0.15, 0.2) is 71.1 Å². The van der Waals surface area contributed by atoms with Gasteiger partial charge < -0.3 is 9.73 Å². The summed E-state index contributed by atoms with van der Waals surface area (Å²) in [6, 6.07) is 21.7. The quantitative estimate of drug-likeness (QED) is 0.550. The molecule has 1 heterocycles. The number of aryl methyl sites for hydroxylation is 1. The molecule has 0 bridgehead atoms. The summed E-state index contributed by atoms with van der Waals surface area (Å²) in [7, 11) is 0. The van der Waals surface area contributed by atoms with Crippen molar-refractivity contribution in [2.24, 2.45) is 0 Å². The second kappa shape index (κ2) is 5.85. The third-order valence-electron chi connectivity index (χ3n) is 4.27. The van der Waals surface area contributed by atoms with Crippen LogP contribution in [-0.2, 0) is 6.42 Å². The number of carbonyl (C=O) groups excluding carboxylic acids is 1. The van der Waals surface area contributed by atoms with Gasteiger partial charge in [0.25, 0.3) is 5.91 Å². The van der Waals surface area contributed by atoms with Crippen molar-refractivity contribution in [3.63, 3.8) is 0 Å². The lowest BCUT2D eigenvalue weighted by molar-refractivity contribution is 0.0998. The van der Waals surface area contributed by atoms with Crippen molar-refractivity contribution >= 4 is 33.3 Å². The Labute approximate surface area is 139 Å². The van der Waals surface area contributed by atoms with E-state index in [0.29, 0.717) is 5.76 Å². The Balaban J connectivity index is 1.67. The monoisotopic (exact) mass is 315 g/mol. The first-order chi connectivity index (χ1) is 11.7. The van der Waals surface area contributed by atoms with Gasteiger partial charge in [0.05, 0.1) is 0 Å². The Morgan fingerprint density at radius 1 is 0.958 bits per heavy atom. The molecule has 118 valence electrons. The number of carbonyl (C=O) groups is 1. The van der Waals surface area contributed by atoms with Gasteiger partial charge in [-0.25, -0.2) is 0 Å². The minimum atomic E-state index is -0.237. The third-order valence-corrected chi connectivity index (χ3v) is 4.27. The van der Waals surface area contributed by atoms with E-state index < -0.39 is 0 Å². The molecule has 4 aromatic rings. The highest BCUT2D eigenvalue weighted by Crippen LogP contribution is 2.28. The van der Waals surface area contributed by atoms with Gasteiger partial charge >= 0.3 is 0 Å². The minimum absolute atomic E-state index is 0.237. The van der Waals surface area contributed by atoms with Gasteiger partial charge in [0.2, 0.25) is 0 Å². The zero-order chi connectivity index (χ0) is 16.5. The minimum Gasteiger partial charge on any atom is -0.451 e. The molecule has 0 atom stereocenters. The van der Waals surface area contributed by atoms with Crippen molar-refractivity contribution in [3.05, 3.63) is 78.1 Å². The molecule has 0 unspecified atom stereocenters. The Hall–Kier alpha value is -3.07. The lowest BCUT2D eigenvalue weighted by Gasteiger charge is -2.03. The fourth-order valence-electron chi connectivity index (χ4n) is 2.92. The van der Waals surface area contributed by atoms with Crippen LogP contribution in [0.1, 0.15) is 23.0 Å². The van der Waals surface area contributed by atoms with Crippen LogP contribution in [0.3, 0.4) is 0 Å². The number of benzene rings is 3. The number of hydrogen-bond acceptors (Lipinski definition) is 2. The second-order valence-corrected chi connectivity index (χ2v) is 5.81. The molecule has 0 saturated heterocycles. The molecule has 1 N–H and O–H groups in total. The van der Waals surface area contributed by atoms with E-state index in [-0.39, 0.29) is 5.91 Å². The van der Waals surface area contributed by atoms with Crippen LogP contribution in [-0.4, -0.2) is 5.91 Å². The molecule has 0 aliphatic heterocycles. The summed E-state index contributed by atoms with van der Waals surface area (Å²) in [6.07, 6.45) is 0.977.